The van der Waals surface area contributed by atoms with Crippen LogP contribution in [0.15, 0.2) is 36.5 Å². The molecule has 0 bridgehead atoms. The molecule has 1 aliphatic carbocycles. The van der Waals surface area contributed by atoms with Gasteiger partial charge in [0.05, 0.1) is 19.3 Å². The Morgan fingerprint density at radius 2 is 1.88 bits per heavy atom. The number of rotatable bonds is 7. The molecule has 1 saturated carbocycles. The van der Waals surface area contributed by atoms with Crippen LogP contribution in [-0.2, 0) is 17.8 Å². The summed E-state index contributed by atoms with van der Waals surface area (Å²) in [5.41, 5.74) is 2.61. The van der Waals surface area contributed by atoms with Crippen LogP contribution in [0, 0.1) is 0 Å². The van der Waals surface area contributed by atoms with Crippen LogP contribution in [0.3, 0.4) is 0 Å². The summed E-state index contributed by atoms with van der Waals surface area (Å²) in [5, 5.41) is 7.45. The topological polar surface area (TPSA) is 51.4 Å². The number of likely N-dealkylation sites (N-methyl/N-ethyl adjacent to an activating group) is 1. The van der Waals surface area contributed by atoms with Gasteiger partial charge < -0.3 is 10.2 Å². The lowest BCUT2D eigenvalue weighted by atomic mass is 10.1. The highest BCUT2D eigenvalue weighted by Crippen LogP contribution is 2.31. The fourth-order valence-corrected chi connectivity index (χ4v) is 3.62. The van der Waals surface area contributed by atoms with Crippen molar-refractivity contribution in [1.82, 2.24) is 9.78 Å². The summed E-state index contributed by atoms with van der Waals surface area (Å²) in [7, 11) is 2.06. The van der Waals surface area contributed by atoms with Gasteiger partial charge in [-0.25, -0.2) is 4.68 Å². The Labute approximate surface area is 150 Å². The first-order valence-corrected chi connectivity index (χ1v) is 9.38. The summed E-state index contributed by atoms with van der Waals surface area (Å²) < 4.78 is 1.99. The third-order valence-corrected chi connectivity index (χ3v) is 5.01. The molecule has 5 nitrogen and oxygen atoms in total. The van der Waals surface area contributed by atoms with E-state index >= 15 is 0 Å². The monoisotopic (exact) mass is 341 g/mol. The molecular weight excluding hydrogens is 312 g/mol. The van der Waals surface area contributed by atoms with Crippen molar-refractivity contribution in [2.45, 2.75) is 51.6 Å². The first kappa shape index (κ1) is 17.7. The molecule has 0 aliphatic heterocycles. The Morgan fingerprint density at radius 1 is 1.20 bits per heavy atom. The van der Waals surface area contributed by atoms with E-state index in [1.54, 1.807) is 6.20 Å². The number of aryl methyl sites for hydroxylation is 1. The molecule has 1 aromatic carbocycles. The normalized spacial score (nSPS) is 16.1. The van der Waals surface area contributed by atoms with Crippen molar-refractivity contribution in [3.63, 3.8) is 0 Å². The predicted octanol–water partition coefficient (Wildman–Crippen LogP) is 2.21. The smallest absolute Gasteiger partial charge is 0.280 e. The van der Waals surface area contributed by atoms with Crippen LogP contribution in [0.1, 0.15) is 49.8 Å². The first-order valence-electron chi connectivity index (χ1n) is 9.38. The SMILES string of the molecule is CCc1ccc(C[NH+](C)CC(=O)Nc2ccnn2C2CCCC2)cc1. The van der Waals surface area contributed by atoms with Crippen LogP contribution in [0.25, 0.3) is 0 Å². The number of carbonyl (C=O) groups is 1. The van der Waals surface area contributed by atoms with Gasteiger partial charge in [0.25, 0.3) is 5.91 Å². The highest BCUT2D eigenvalue weighted by Gasteiger charge is 2.21. The Morgan fingerprint density at radius 3 is 2.56 bits per heavy atom. The van der Waals surface area contributed by atoms with Crippen LogP contribution in [0.4, 0.5) is 5.82 Å². The highest BCUT2D eigenvalue weighted by molar-refractivity contribution is 5.90. The summed E-state index contributed by atoms with van der Waals surface area (Å²) in [6.45, 7) is 3.46. The number of nitrogens with one attached hydrogen (secondary N) is 2. The maximum atomic E-state index is 12.4. The number of anilines is 1. The molecule has 1 unspecified atom stereocenters. The van der Waals surface area contributed by atoms with Gasteiger partial charge in [-0.05, 0) is 24.8 Å². The molecule has 1 aromatic heterocycles. The second-order valence-electron chi connectivity index (χ2n) is 7.13. The second kappa shape index (κ2) is 8.30. The number of hydrogen-bond donors (Lipinski definition) is 2. The van der Waals surface area contributed by atoms with Crippen LogP contribution >= 0.6 is 0 Å². The van der Waals surface area contributed by atoms with Crippen molar-refractivity contribution in [3.05, 3.63) is 47.7 Å². The van der Waals surface area contributed by atoms with Crippen molar-refractivity contribution in [3.8, 4) is 0 Å². The third kappa shape index (κ3) is 4.69. The molecule has 5 heteroatoms. The van der Waals surface area contributed by atoms with E-state index in [1.807, 2.05) is 10.7 Å². The third-order valence-electron chi connectivity index (χ3n) is 5.01. The zero-order valence-corrected chi connectivity index (χ0v) is 15.3. The van der Waals surface area contributed by atoms with Crippen LogP contribution < -0.4 is 10.2 Å². The van der Waals surface area contributed by atoms with E-state index in [4.69, 9.17) is 0 Å². The summed E-state index contributed by atoms with van der Waals surface area (Å²) in [5.74, 6) is 0.874. The van der Waals surface area contributed by atoms with Gasteiger partial charge in [0.2, 0.25) is 0 Å². The summed E-state index contributed by atoms with van der Waals surface area (Å²) in [6, 6.07) is 11.0. The number of quaternary nitrogens is 1. The van der Waals surface area contributed by atoms with Crippen molar-refractivity contribution in [2.24, 2.45) is 0 Å². The van der Waals surface area contributed by atoms with E-state index in [1.165, 1.54) is 28.9 Å². The Bertz CT molecular complexity index is 686. The Kier molecular flexibility index (Phi) is 5.87. The van der Waals surface area contributed by atoms with E-state index in [0.29, 0.717) is 12.6 Å². The van der Waals surface area contributed by atoms with E-state index in [0.717, 1.165) is 31.6 Å². The average molecular weight is 341 g/mol. The van der Waals surface area contributed by atoms with E-state index < -0.39 is 0 Å². The molecule has 2 N–H and O–H groups in total. The molecule has 134 valence electrons. The van der Waals surface area contributed by atoms with Crippen molar-refractivity contribution in [2.75, 3.05) is 18.9 Å². The summed E-state index contributed by atoms with van der Waals surface area (Å²) >= 11 is 0. The number of hydrogen-bond acceptors (Lipinski definition) is 2. The van der Waals surface area contributed by atoms with Crippen LogP contribution in [0.5, 0.6) is 0 Å². The Hall–Kier alpha value is -2.14. The number of aromatic nitrogens is 2. The summed E-state index contributed by atoms with van der Waals surface area (Å²) in [4.78, 5) is 13.6. The zero-order chi connectivity index (χ0) is 17.6. The molecule has 0 radical (unpaired) electrons. The maximum absolute atomic E-state index is 12.4. The van der Waals surface area contributed by atoms with E-state index in [2.05, 4.69) is 48.7 Å². The van der Waals surface area contributed by atoms with Gasteiger partial charge in [0.1, 0.15) is 12.4 Å². The minimum Gasteiger partial charge on any atom is -0.326 e. The molecule has 3 rings (SSSR count). The lowest BCUT2D eigenvalue weighted by molar-refractivity contribution is -0.885. The van der Waals surface area contributed by atoms with Gasteiger partial charge >= 0.3 is 0 Å². The minimum atomic E-state index is 0.0439. The van der Waals surface area contributed by atoms with Gasteiger partial charge in [0.15, 0.2) is 6.54 Å². The van der Waals surface area contributed by atoms with Gasteiger partial charge in [-0.3, -0.25) is 4.79 Å². The van der Waals surface area contributed by atoms with Crippen molar-refractivity contribution < 1.29 is 9.69 Å². The molecule has 25 heavy (non-hydrogen) atoms. The van der Waals surface area contributed by atoms with Crippen LogP contribution in [0.2, 0.25) is 0 Å². The number of nitrogens with zero attached hydrogens (tertiary/aromatic N) is 2. The molecule has 1 heterocycles. The standard InChI is InChI=1S/C20H28N4O/c1-3-16-8-10-17(11-9-16)14-23(2)15-20(25)22-19-12-13-21-24(19)18-6-4-5-7-18/h8-13,18H,3-7,14-15H2,1-2H3,(H,22,25)/p+1. The molecule has 0 saturated heterocycles. The maximum Gasteiger partial charge on any atom is 0.280 e. The van der Waals surface area contributed by atoms with Crippen molar-refractivity contribution >= 4 is 11.7 Å². The van der Waals surface area contributed by atoms with Crippen molar-refractivity contribution in [1.29, 1.82) is 0 Å². The zero-order valence-electron chi connectivity index (χ0n) is 15.3. The number of carbonyl (C=O) groups excluding carboxylic acids is 1. The van der Waals surface area contributed by atoms with Gasteiger partial charge in [-0.15, -0.1) is 0 Å². The highest BCUT2D eigenvalue weighted by atomic mass is 16.2. The fraction of sp³-hybridized carbons (Fsp3) is 0.500. The molecular formula is C20H29N4O+. The Balaban J connectivity index is 1.52. The van der Waals surface area contributed by atoms with Crippen LogP contribution in [-0.4, -0.2) is 29.3 Å². The summed E-state index contributed by atoms with van der Waals surface area (Å²) in [6.07, 6.45) is 7.65. The van der Waals surface area contributed by atoms with Gasteiger partial charge in [-0.1, -0.05) is 44.0 Å². The first-order chi connectivity index (χ1) is 12.2. The lowest BCUT2D eigenvalue weighted by Crippen LogP contribution is -3.08. The molecule has 1 amide bonds. The van der Waals surface area contributed by atoms with E-state index in [9.17, 15) is 4.79 Å². The molecule has 1 aliphatic rings. The second-order valence-corrected chi connectivity index (χ2v) is 7.13. The fourth-order valence-electron chi connectivity index (χ4n) is 3.62. The van der Waals surface area contributed by atoms with Gasteiger partial charge in [0, 0.05) is 11.6 Å². The molecule has 1 atom stereocenters. The largest absolute Gasteiger partial charge is 0.326 e. The van der Waals surface area contributed by atoms with Gasteiger partial charge in [-0.2, -0.15) is 5.10 Å². The molecule has 2 aromatic rings. The van der Waals surface area contributed by atoms with E-state index in [-0.39, 0.29) is 5.91 Å². The number of amides is 1. The minimum absolute atomic E-state index is 0.0439. The predicted molar refractivity (Wildman–Crippen MR) is 99.6 cm³/mol. The molecule has 1 fully saturated rings. The number of benzene rings is 1. The molecule has 0 spiro atoms. The quantitative estimate of drug-likeness (QED) is 0.811. The lowest BCUT2D eigenvalue weighted by Gasteiger charge is -2.16. The average Bonchev–Trinajstić information content (AvgIpc) is 3.26.